The molecule has 15 heavy (non-hydrogen) atoms. The van der Waals surface area contributed by atoms with Crippen molar-refractivity contribution in [2.45, 2.75) is 38.9 Å². The number of halogens is 1. The monoisotopic (exact) mass is 335 g/mol. The number of H-pyrrole nitrogens is 1. The van der Waals surface area contributed by atoms with Crippen molar-refractivity contribution < 1.29 is 0 Å². The lowest BCUT2D eigenvalue weighted by molar-refractivity contribution is 0.729. The molecule has 1 aromatic heterocycles. The van der Waals surface area contributed by atoms with Gasteiger partial charge in [0.1, 0.15) is 0 Å². The van der Waals surface area contributed by atoms with Gasteiger partial charge in [0.15, 0.2) is 0 Å². The maximum atomic E-state index is 11.4. The highest BCUT2D eigenvalue weighted by atomic mass is 127. The molecule has 1 rings (SSSR count). The van der Waals surface area contributed by atoms with Gasteiger partial charge in [-0.05, 0) is 33.7 Å². The molecule has 0 unspecified atom stereocenters. The van der Waals surface area contributed by atoms with Crippen molar-refractivity contribution in [3.63, 3.8) is 0 Å². The Morgan fingerprint density at radius 1 is 1.27 bits per heavy atom. The minimum atomic E-state index is -1.57. The fraction of sp³-hybridized carbons (Fsp3) is 0.545. The molecule has 84 valence electrons. The number of aromatic amines is 1. The fourth-order valence-electron chi connectivity index (χ4n) is 1.30. The molecule has 0 bridgehead atoms. The summed E-state index contributed by atoms with van der Waals surface area (Å²) in [6.45, 7) is 11.4. The first-order valence-electron chi connectivity index (χ1n) is 5.05. The second-order valence-corrected chi connectivity index (χ2v) is 11.9. The molecule has 0 aliphatic heterocycles. The van der Waals surface area contributed by atoms with Gasteiger partial charge in [-0.3, -0.25) is 4.79 Å². The third kappa shape index (κ3) is 2.72. The van der Waals surface area contributed by atoms with Gasteiger partial charge in [-0.2, -0.15) is 0 Å². The van der Waals surface area contributed by atoms with E-state index in [4.69, 9.17) is 0 Å². The van der Waals surface area contributed by atoms with Crippen molar-refractivity contribution >= 4 is 35.9 Å². The summed E-state index contributed by atoms with van der Waals surface area (Å²) in [6.07, 6.45) is 0. The molecule has 0 amide bonds. The second kappa shape index (κ2) is 4.05. The van der Waals surface area contributed by atoms with Crippen molar-refractivity contribution in [3.8, 4) is 0 Å². The summed E-state index contributed by atoms with van der Waals surface area (Å²) in [4.78, 5) is 14.2. The van der Waals surface area contributed by atoms with Crippen LogP contribution in [0.4, 0.5) is 0 Å². The molecule has 2 nitrogen and oxygen atoms in total. The minimum Gasteiger partial charge on any atom is -0.317 e. The molecule has 0 fully saturated rings. The van der Waals surface area contributed by atoms with Crippen molar-refractivity contribution in [2.24, 2.45) is 0 Å². The quantitative estimate of drug-likeness (QED) is 0.478. The van der Waals surface area contributed by atoms with Gasteiger partial charge in [0.2, 0.25) is 5.56 Å². The second-order valence-electron chi connectivity index (χ2n) is 5.46. The van der Waals surface area contributed by atoms with E-state index in [1.165, 1.54) is 5.19 Å². The van der Waals surface area contributed by atoms with Crippen LogP contribution in [0, 0.1) is 3.70 Å². The van der Waals surface area contributed by atoms with Gasteiger partial charge in [-0.15, -0.1) is 0 Å². The highest BCUT2D eigenvalue weighted by Crippen LogP contribution is 2.35. The van der Waals surface area contributed by atoms with E-state index < -0.39 is 8.07 Å². The summed E-state index contributed by atoms with van der Waals surface area (Å²) in [5, 5.41) is 1.51. The van der Waals surface area contributed by atoms with Crippen molar-refractivity contribution in [2.75, 3.05) is 0 Å². The number of aromatic nitrogens is 1. The van der Waals surface area contributed by atoms with Crippen LogP contribution in [0.25, 0.3) is 0 Å². The van der Waals surface area contributed by atoms with Crippen molar-refractivity contribution in [3.05, 3.63) is 26.2 Å². The van der Waals surface area contributed by atoms with Gasteiger partial charge >= 0.3 is 0 Å². The lowest BCUT2D eigenvalue weighted by atomic mass is 10.2. The maximum absolute atomic E-state index is 11.4. The molecule has 1 aromatic rings. The van der Waals surface area contributed by atoms with Gasteiger partial charge in [-0.25, -0.2) is 0 Å². The van der Waals surface area contributed by atoms with Crippen LogP contribution in [0.2, 0.25) is 18.1 Å². The molecule has 1 N–H and O–H groups in total. The van der Waals surface area contributed by atoms with Crippen molar-refractivity contribution in [1.82, 2.24) is 4.98 Å². The van der Waals surface area contributed by atoms with Crippen LogP contribution < -0.4 is 10.7 Å². The van der Waals surface area contributed by atoms with Crippen molar-refractivity contribution in [1.29, 1.82) is 0 Å². The molecule has 0 aromatic carbocycles. The van der Waals surface area contributed by atoms with Crippen LogP contribution >= 0.6 is 22.6 Å². The van der Waals surface area contributed by atoms with E-state index >= 15 is 0 Å². The summed E-state index contributed by atoms with van der Waals surface area (Å²) in [7, 11) is -1.57. The maximum Gasteiger partial charge on any atom is 0.248 e. The SMILES string of the molecule is CC(C)(C)[Si](C)(C)c1cc(I)[nH]c(=O)c1. The largest absolute Gasteiger partial charge is 0.317 e. The number of rotatable bonds is 1. The number of hydrogen-bond acceptors (Lipinski definition) is 1. The first kappa shape index (κ1) is 13.0. The van der Waals surface area contributed by atoms with Crippen LogP contribution in [0.1, 0.15) is 20.8 Å². The van der Waals surface area contributed by atoms with Crippen LogP contribution in [0.5, 0.6) is 0 Å². The standard InChI is InChI=1S/C11H18INOSi/c1-11(2,3)15(4,5)8-6-9(12)13-10(14)7-8/h6-7H,1-5H3,(H,13,14). The zero-order valence-corrected chi connectivity index (χ0v) is 13.1. The fourth-order valence-corrected chi connectivity index (χ4v) is 4.06. The van der Waals surface area contributed by atoms with Crippen LogP contribution in [0.15, 0.2) is 16.9 Å². The van der Waals surface area contributed by atoms with Gasteiger partial charge < -0.3 is 4.98 Å². The number of hydrogen-bond donors (Lipinski definition) is 1. The summed E-state index contributed by atoms with van der Waals surface area (Å²) in [5.41, 5.74) is 0.0155. The average molecular weight is 335 g/mol. The van der Waals surface area contributed by atoms with E-state index in [0.29, 0.717) is 0 Å². The van der Waals surface area contributed by atoms with E-state index in [0.717, 1.165) is 3.70 Å². The molecule has 0 spiro atoms. The summed E-state index contributed by atoms with van der Waals surface area (Å²) in [6, 6.07) is 3.87. The predicted molar refractivity (Wildman–Crippen MR) is 76.6 cm³/mol. The highest BCUT2D eigenvalue weighted by molar-refractivity contribution is 14.1. The van der Waals surface area contributed by atoms with Gasteiger partial charge in [0, 0.05) is 6.07 Å². The first-order valence-corrected chi connectivity index (χ1v) is 9.13. The Morgan fingerprint density at radius 2 is 1.80 bits per heavy atom. The zero-order chi connectivity index (χ0) is 11.9. The van der Waals surface area contributed by atoms with E-state index in [2.05, 4.69) is 67.5 Å². The molecule has 0 radical (unpaired) electrons. The topological polar surface area (TPSA) is 32.9 Å². The van der Waals surface area contributed by atoms with Gasteiger partial charge in [0.05, 0.1) is 11.8 Å². The average Bonchev–Trinajstić information content (AvgIpc) is 1.99. The molecule has 1 heterocycles. The van der Waals surface area contributed by atoms with E-state index in [1.54, 1.807) is 6.07 Å². The van der Waals surface area contributed by atoms with Crippen LogP contribution in [-0.2, 0) is 0 Å². The molecule has 0 atom stereocenters. The van der Waals surface area contributed by atoms with Gasteiger partial charge in [0.25, 0.3) is 0 Å². The smallest absolute Gasteiger partial charge is 0.248 e. The highest BCUT2D eigenvalue weighted by Gasteiger charge is 2.37. The molecule has 0 saturated heterocycles. The van der Waals surface area contributed by atoms with Crippen LogP contribution in [-0.4, -0.2) is 13.1 Å². The third-order valence-corrected chi connectivity index (χ3v) is 9.47. The Morgan fingerprint density at radius 3 is 2.20 bits per heavy atom. The normalized spacial score (nSPS) is 12.9. The lowest BCUT2D eigenvalue weighted by Gasteiger charge is -2.37. The summed E-state index contributed by atoms with van der Waals surface area (Å²) >= 11 is 2.17. The van der Waals surface area contributed by atoms with Crippen LogP contribution in [0.3, 0.4) is 0 Å². The zero-order valence-electron chi connectivity index (χ0n) is 9.94. The minimum absolute atomic E-state index is 0.0155. The first-order chi connectivity index (χ1) is 6.64. The molecule has 4 heteroatoms. The van der Waals surface area contributed by atoms with Gasteiger partial charge in [-0.1, -0.05) is 39.1 Å². The van der Waals surface area contributed by atoms with E-state index in [9.17, 15) is 4.79 Å². The lowest BCUT2D eigenvalue weighted by Crippen LogP contribution is -2.50. The Balaban J connectivity index is 3.33. The predicted octanol–water partition coefficient (Wildman–Crippen LogP) is 2.70. The Bertz CT molecular complexity index is 417. The number of nitrogens with one attached hydrogen (secondary N) is 1. The third-order valence-electron chi connectivity index (χ3n) is 3.41. The number of pyridine rings is 1. The van der Waals surface area contributed by atoms with E-state index in [1.807, 2.05) is 0 Å². The Hall–Kier alpha value is -0.103. The Kier molecular flexibility index (Phi) is 3.50. The summed E-state index contributed by atoms with van der Waals surface area (Å²) in [5.74, 6) is 0. The molecular formula is C11H18INOSi. The van der Waals surface area contributed by atoms with E-state index in [-0.39, 0.29) is 10.6 Å². The Labute approximate surface area is 106 Å². The molecule has 0 aliphatic carbocycles. The molecule has 0 saturated carbocycles. The molecular weight excluding hydrogens is 317 g/mol. The molecule has 0 aliphatic rings. The summed E-state index contributed by atoms with van der Waals surface area (Å²) < 4.78 is 0.930.